The van der Waals surface area contributed by atoms with Crippen LogP contribution in [0.25, 0.3) is 22.2 Å². The van der Waals surface area contributed by atoms with Crippen LogP contribution in [0.15, 0.2) is 67.5 Å². The van der Waals surface area contributed by atoms with E-state index in [1.807, 2.05) is 12.1 Å². The number of amides is 1. The van der Waals surface area contributed by atoms with E-state index in [0.717, 1.165) is 11.1 Å². The van der Waals surface area contributed by atoms with Crippen LogP contribution in [0.4, 0.5) is 5.82 Å². The summed E-state index contributed by atoms with van der Waals surface area (Å²) in [6, 6.07) is 12.6. The highest BCUT2D eigenvalue weighted by atomic mass is 35.5. The molecule has 188 valence electrons. The number of nitrogen functional groups attached to an aromatic ring is 1. The fourth-order valence-corrected chi connectivity index (χ4v) is 5.00. The summed E-state index contributed by atoms with van der Waals surface area (Å²) in [5.41, 5.74) is 9.78. The molecule has 4 aromatic rings. The Labute approximate surface area is 223 Å². The molecule has 37 heavy (non-hydrogen) atoms. The molecule has 0 fully saturated rings. The highest BCUT2D eigenvalue weighted by Gasteiger charge is 2.27. The summed E-state index contributed by atoms with van der Waals surface area (Å²) in [6.07, 6.45) is 5.43. The number of nitrogens with two attached hydrogens (primary N) is 1. The predicted molar refractivity (Wildman–Crippen MR) is 145 cm³/mol. The summed E-state index contributed by atoms with van der Waals surface area (Å²) >= 11 is 13.1. The Balaban J connectivity index is 1.62. The lowest BCUT2D eigenvalue weighted by Crippen LogP contribution is -2.34. The lowest BCUT2D eigenvalue weighted by molar-refractivity contribution is -0.125. The van der Waals surface area contributed by atoms with E-state index in [1.54, 1.807) is 46.9 Å². The van der Waals surface area contributed by atoms with E-state index in [0.29, 0.717) is 63.6 Å². The maximum absolute atomic E-state index is 12.3. The third kappa shape index (κ3) is 4.61. The number of fused-ring (bicyclic) bond motifs is 1. The van der Waals surface area contributed by atoms with Gasteiger partial charge in [0.2, 0.25) is 5.91 Å². The van der Waals surface area contributed by atoms with Crippen LogP contribution in [0.3, 0.4) is 0 Å². The molecule has 1 amide bonds. The highest BCUT2D eigenvalue weighted by molar-refractivity contribution is 6.36. The van der Waals surface area contributed by atoms with Crippen molar-refractivity contribution in [1.29, 1.82) is 0 Å². The molecule has 0 unspecified atom stereocenters. The van der Waals surface area contributed by atoms with Crippen LogP contribution >= 0.6 is 23.2 Å². The molecule has 5 rings (SSSR count). The number of aromatic nitrogens is 3. The van der Waals surface area contributed by atoms with Crippen molar-refractivity contribution in [1.82, 2.24) is 19.5 Å². The maximum atomic E-state index is 12.3. The van der Waals surface area contributed by atoms with Gasteiger partial charge < -0.3 is 20.1 Å². The fraction of sp³-hybridized carbons (Fsp3) is 0.148. The Morgan fingerprint density at radius 2 is 2.03 bits per heavy atom. The highest BCUT2D eigenvalue weighted by Crippen LogP contribution is 2.44. The number of carbonyl (C=O) groups is 1. The van der Waals surface area contributed by atoms with Crippen molar-refractivity contribution in [2.45, 2.75) is 6.42 Å². The number of hydrogen-bond donors (Lipinski definition) is 1. The van der Waals surface area contributed by atoms with Gasteiger partial charge in [-0.2, -0.15) is 5.10 Å². The van der Waals surface area contributed by atoms with Gasteiger partial charge in [0.25, 0.3) is 0 Å². The van der Waals surface area contributed by atoms with Gasteiger partial charge in [0.15, 0.2) is 17.3 Å². The normalized spacial score (nSPS) is 13.4. The number of hydrogen-bond acceptors (Lipinski definition) is 6. The van der Waals surface area contributed by atoms with Gasteiger partial charge in [0, 0.05) is 23.7 Å². The summed E-state index contributed by atoms with van der Waals surface area (Å²) in [7, 11) is 1.56. The van der Waals surface area contributed by atoms with Crippen molar-refractivity contribution in [2.75, 3.05) is 25.9 Å². The monoisotopic (exact) mass is 535 g/mol. The maximum Gasteiger partial charge on any atom is 0.246 e. The number of methoxy groups -OCH3 is 1. The molecule has 1 aliphatic heterocycles. The largest absolute Gasteiger partial charge is 0.493 e. The van der Waals surface area contributed by atoms with Crippen molar-refractivity contribution in [3.63, 3.8) is 0 Å². The molecule has 2 N–H and O–H groups in total. The van der Waals surface area contributed by atoms with Gasteiger partial charge in [-0.05, 0) is 54.0 Å². The number of benzene rings is 2. The summed E-state index contributed by atoms with van der Waals surface area (Å²) in [5, 5.41) is 5.45. The Morgan fingerprint density at radius 3 is 2.78 bits per heavy atom. The Kier molecular flexibility index (Phi) is 6.78. The van der Waals surface area contributed by atoms with Crippen molar-refractivity contribution in [3.8, 4) is 28.4 Å². The first-order valence-corrected chi connectivity index (χ1v) is 12.2. The van der Waals surface area contributed by atoms with Crippen LogP contribution in [0.2, 0.25) is 10.0 Å². The molecule has 8 nitrogen and oxygen atoms in total. The SMILES string of the molecule is C=CC(=O)N1CCC=C(c2c(Cl)c(-c3ccc(Oc4cccc(Cl)c4)c(OC)c3)c3c(N)ncnn23)C1. The molecule has 10 heteroatoms. The van der Waals surface area contributed by atoms with Crippen LogP contribution in [0.5, 0.6) is 17.2 Å². The minimum Gasteiger partial charge on any atom is -0.493 e. The summed E-state index contributed by atoms with van der Waals surface area (Å²) in [5.74, 6) is 1.70. The molecular weight excluding hydrogens is 513 g/mol. The van der Waals surface area contributed by atoms with Gasteiger partial charge in [-0.1, -0.05) is 48.0 Å². The third-order valence-corrected chi connectivity index (χ3v) is 6.72. The minimum absolute atomic E-state index is 0.142. The second-order valence-corrected chi connectivity index (χ2v) is 9.16. The number of nitrogens with zero attached hydrogens (tertiary/aromatic N) is 4. The average Bonchev–Trinajstić information content (AvgIpc) is 3.21. The molecule has 0 saturated heterocycles. The van der Waals surface area contributed by atoms with Crippen molar-refractivity contribution >= 4 is 46.0 Å². The number of carbonyl (C=O) groups excluding carboxylic acids is 1. The van der Waals surface area contributed by atoms with E-state index in [-0.39, 0.29) is 11.7 Å². The molecule has 0 atom stereocenters. The molecule has 2 aromatic carbocycles. The number of rotatable bonds is 6. The van der Waals surface area contributed by atoms with Crippen LogP contribution in [0, 0.1) is 0 Å². The quantitative estimate of drug-likeness (QED) is 0.309. The van der Waals surface area contributed by atoms with Crippen LogP contribution in [-0.4, -0.2) is 45.6 Å². The zero-order chi connectivity index (χ0) is 26.1. The minimum atomic E-state index is -0.142. The van der Waals surface area contributed by atoms with E-state index in [2.05, 4.69) is 22.7 Å². The molecule has 0 saturated carbocycles. The lowest BCUT2D eigenvalue weighted by Gasteiger charge is -2.26. The van der Waals surface area contributed by atoms with Gasteiger partial charge in [-0.3, -0.25) is 4.79 Å². The first-order valence-electron chi connectivity index (χ1n) is 11.4. The van der Waals surface area contributed by atoms with Crippen molar-refractivity contribution in [2.24, 2.45) is 0 Å². The van der Waals surface area contributed by atoms with Crippen LogP contribution in [0.1, 0.15) is 12.1 Å². The van der Waals surface area contributed by atoms with E-state index in [4.69, 9.17) is 38.4 Å². The van der Waals surface area contributed by atoms with Crippen LogP contribution in [-0.2, 0) is 4.79 Å². The molecule has 2 aromatic heterocycles. The third-order valence-electron chi connectivity index (χ3n) is 6.11. The summed E-state index contributed by atoms with van der Waals surface area (Å²) in [4.78, 5) is 18.2. The lowest BCUT2D eigenvalue weighted by atomic mass is 10.0. The average molecular weight is 536 g/mol. The molecular formula is C27H23Cl2N5O3. The second-order valence-electron chi connectivity index (χ2n) is 8.35. The second kappa shape index (κ2) is 10.2. The van der Waals surface area contributed by atoms with E-state index in [1.165, 1.54) is 12.4 Å². The smallest absolute Gasteiger partial charge is 0.246 e. The van der Waals surface area contributed by atoms with Gasteiger partial charge in [0.05, 0.1) is 17.8 Å². The topological polar surface area (TPSA) is 95.0 Å². The van der Waals surface area contributed by atoms with Crippen LogP contribution < -0.4 is 15.2 Å². The van der Waals surface area contributed by atoms with Gasteiger partial charge in [-0.15, -0.1) is 0 Å². The van der Waals surface area contributed by atoms with E-state index < -0.39 is 0 Å². The van der Waals surface area contributed by atoms with Crippen molar-refractivity contribution < 1.29 is 14.3 Å². The Morgan fingerprint density at radius 1 is 1.19 bits per heavy atom. The van der Waals surface area contributed by atoms with E-state index >= 15 is 0 Å². The van der Waals surface area contributed by atoms with Gasteiger partial charge in [-0.25, -0.2) is 9.50 Å². The summed E-state index contributed by atoms with van der Waals surface area (Å²) < 4.78 is 13.3. The molecule has 0 bridgehead atoms. The Hall–Kier alpha value is -4.01. The van der Waals surface area contributed by atoms with Crippen molar-refractivity contribution in [3.05, 3.63) is 83.3 Å². The number of halogens is 2. The standard InChI is InChI=1S/C27H23Cl2N5O3/c1-3-22(35)33-11-5-6-17(14-33)25-24(29)23(26-27(30)31-15-32-34(25)26)16-9-10-20(21(12-16)36-2)37-19-8-4-7-18(28)13-19/h3-4,6-10,12-13,15H,1,5,11,14H2,2H3,(H2,30,31,32). The van der Waals surface area contributed by atoms with Gasteiger partial charge >= 0.3 is 0 Å². The zero-order valence-corrected chi connectivity index (χ0v) is 21.5. The van der Waals surface area contributed by atoms with Gasteiger partial charge in [0.1, 0.15) is 17.6 Å². The number of ether oxygens (including phenoxy) is 2. The first kappa shape index (κ1) is 24.7. The number of anilines is 1. The molecule has 0 radical (unpaired) electrons. The molecule has 1 aliphatic rings. The summed E-state index contributed by atoms with van der Waals surface area (Å²) in [6.45, 7) is 4.58. The zero-order valence-electron chi connectivity index (χ0n) is 19.9. The molecule has 0 aliphatic carbocycles. The molecule has 0 spiro atoms. The predicted octanol–water partition coefficient (Wildman–Crippen LogP) is 5.89. The molecule has 3 heterocycles. The first-order chi connectivity index (χ1) is 17.9. The Bertz CT molecular complexity index is 1560. The fourth-order valence-electron chi connectivity index (χ4n) is 4.42. The van der Waals surface area contributed by atoms with E-state index in [9.17, 15) is 4.79 Å².